The van der Waals surface area contributed by atoms with E-state index in [9.17, 15) is 69.8 Å². The van der Waals surface area contributed by atoms with Crippen LogP contribution in [-0.2, 0) is 69.1 Å². The van der Waals surface area contributed by atoms with Crippen molar-refractivity contribution >= 4 is 175 Å². The van der Waals surface area contributed by atoms with Gasteiger partial charge in [-0.3, -0.25) is 9.11 Å². The molecule has 0 fully saturated rings. The summed E-state index contributed by atoms with van der Waals surface area (Å²) in [7, 11) is -26.1. The normalized spacial score (nSPS) is 12.0. The first-order chi connectivity index (χ1) is 47.0. The number of nitrogens with zero attached hydrogens (tertiary/aromatic N) is 10. The second-order valence-corrected chi connectivity index (χ2v) is 30.0. The van der Waals surface area contributed by atoms with Gasteiger partial charge in [0.15, 0.2) is 19.7 Å². The Morgan fingerprint density at radius 3 is 1.05 bits per heavy atom. The third-order valence-electron chi connectivity index (χ3n) is 13.6. The van der Waals surface area contributed by atoms with Gasteiger partial charge in [-0.25, -0.2) is 42.0 Å². The molecule has 0 aliphatic rings. The molecule has 0 atom stereocenters. The summed E-state index contributed by atoms with van der Waals surface area (Å²) in [5, 5.41) is 54.3. The zero-order valence-electron chi connectivity index (χ0n) is 54.3. The predicted molar refractivity (Wildman–Crippen MR) is 351 cm³/mol. The molecule has 2 heterocycles. The maximum atomic E-state index is 14.0. The van der Waals surface area contributed by atoms with Crippen LogP contribution < -0.4 is 159 Å². The molecule has 0 aliphatic heterocycles. The third-order valence-corrected chi connectivity index (χ3v) is 20.0. The Morgan fingerprint density at radius 2 is 0.740 bits per heavy atom. The molecule has 104 heavy (non-hydrogen) atoms. The van der Waals surface area contributed by atoms with Crippen LogP contribution in [-0.4, -0.2) is 138 Å². The minimum atomic E-state index is -5.42. The van der Waals surface area contributed by atoms with Gasteiger partial charge < -0.3 is 50.1 Å². The fourth-order valence-corrected chi connectivity index (χ4v) is 13.7. The molecule has 522 valence electrons. The number of anilines is 8. The maximum absolute atomic E-state index is 14.0. The van der Waals surface area contributed by atoms with Crippen molar-refractivity contribution < 1.29 is 215 Å². The molecule has 0 spiro atoms. The molecule has 36 nitrogen and oxygen atoms in total. The summed E-state index contributed by atoms with van der Waals surface area (Å²) in [5.74, 6) is -4.10. The van der Waals surface area contributed by atoms with Crippen LogP contribution >= 0.6 is 23.2 Å². The zero-order chi connectivity index (χ0) is 72.3. The standard InChI is InChI=1S/C56H46Cl2N14O22S6.4Na/c1-91-43-25-29(3-17-41(43)69-71-47-45(97(79,80)81)27-31-23-35(9-15-39(31)49(47)73)61-55-65-51(57)63-53(67-55)59-33-5-11-37(12-6-33)95(75,76)21-19-93-99(85,86)87)30-4-18-42(44(26-30)92-2)70-72-48-46(98(82,83)84)28-32-24-36(10-16-40(32)50(48)74)62-56-66-52(58)64-54(68-56)60-34-7-13-38(14-8-34)96(77,78)22-20-94-100(88,89)90;;;;/h3-18,23-28,73-74H,19-22H2,1-2H3,(H,79,80,81)(H,82,83,84)(H,85,86,87)(H,88,89,90)(H2,59,61,63,65,67)(H2,60,62,64,66,68);;;;/q;4*+1/p-4. The number of ether oxygens (including phenoxy) is 2. The fraction of sp³-hybridized carbons (Fsp3) is 0.107. The molecular formula is C56H42Cl2N14Na4O22S6. The summed E-state index contributed by atoms with van der Waals surface area (Å²) in [6.45, 7) is -1.67. The molecule has 8 aromatic carbocycles. The molecule has 0 aliphatic carbocycles. The van der Waals surface area contributed by atoms with Gasteiger partial charge in [-0.1, -0.05) is 35.8 Å². The number of aromatic nitrogens is 6. The molecule has 10 aromatic rings. The van der Waals surface area contributed by atoms with Gasteiger partial charge in [0, 0.05) is 22.7 Å². The van der Waals surface area contributed by atoms with Crippen molar-refractivity contribution in [1.29, 1.82) is 0 Å². The van der Waals surface area contributed by atoms with Crippen molar-refractivity contribution in [2.45, 2.75) is 19.6 Å². The van der Waals surface area contributed by atoms with Crippen LogP contribution in [0.25, 0.3) is 32.7 Å². The number of methoxy groups -OCH3 is 2. The number of benzene rings is 8. The molecule has 2 aromatic heterocycles. The van der Waals surface area contributed by atoms with Crippen molar-refractivity contribution in [3.8, 4) is 34.1 Å². The molecule has 0 unspecified atom stereocenters. The molecule has 0 saturated carbocycles. The van der Waals surface area contributed by atoms with Gasteiger partial charge >= 0.3 is 139 Å². The van der Waals surface area contributed by atoms with E-state index in [0.717, 1.165) is 12.1 Å². The smallest absolute Gasteiger partial charge is 0.871 e. The van der Waals surface area contributed by atoms with Crippen LogP contribution in [0.1, 0.15) is 0 Å². The molecule has 0 amide bonds. The number of nitrogens with one attached hydrogen (secondary N) is 4. The van der Waals surface area contributed by atoms with Crippen molar-refractivity contribution in [3.05, 3.63) is 144 Å². The van der Waals surface area contributed by atoms with Crippen LogP contribution in [0.2, 0.25) is 10.6 Å². The SMILES string of the molecule is COc1cc(-c2ccc(N=Nc3c(S(=O)(=O)[O-])cc4cc(Nc5nc(Cl)nc(Nc6ccc(S(=O)(=O)CCOS(=O)(=O)O)cc6)n5)ccc4c3[O-])c(OC)c2)ccc1N=Nc1c(S(=O)(=O)[O-])cc2cc(Nc3nc(Cl)nc(Nc4ccc(S(=O)(=O)CCOS(=O)(=O)O)cc4)n3)ccc2c1[O-].[Na+].[Na+].[Na+].[Na+]. The van der Waals surface area contributed by atoms with E-state index in [1.54, 1.807) is 0 Å². The van der Waals surface area contributed by atoms with Crippen molar-refractivity contribution in [2.24, 2.45) is 20.5 Å². The molecule has 0 saturated heterocycles. The first kappa shape index (κ1) is 86.9. The van der Waals surface area contributed by atoms with Gasteiger partial charge in [-0.15, -0.1) is 20.5 Å². The molecule has 10 rings (SSSR count). The van der Waals surface area contributed by atoms with E-state index < -0.39 is 118 Å². The summed E-state index contributed by atoms with van der Waals surface area (Å²) in [5.41, 5.74) is -0.0110. The van der Waals surface area contributed by atoms with Gasteiger partial charge in [0.2, 0.25) is 34.4 Å². The molecule has 0 bridgehead atoms. The van der Waals surface area contributed by atoms with E-state index in [1.165, 1.54) is 136 Å². The number of hydrogen-bond acceptors (Lipinski definition) is 34. The van der Waals surface area contributed by atoms with Gasteiger partial charge in [0.1, 0.15) is 43.1 Å². The molecule has 0 radical (unpaired) electrons. The summed E-state index contributed by atoms with van der Waals surface area (Å²) >= 11 is 12.3. The number of rotatable bonds is 27. The third kappa shape index (κ3) is 22.5. The summed E-state index contributed by atoms with van der Waals surface area (Å²) < 4.78 is 207. The number of hydrogen-bond donors (Lipinski definition) is 6. The predicted octanol–water partition coefficient (Wildman–Crippen LogP) is -3.68. The quantitative estimate of drug-likeness (QED) is 0.0164. The van der Waals surface area contributed by atoms with E-state index in [-0.39, 0.29) is 230 Å². The number of fused-ring (bicyclic) bond motifs is 2. The minimum absolute atomic E-state index is 0. The molecule has 6 N–H and O–H groups in total. The Hall–Kier alpha value is -6.06. The van der Waals surface area contributed by atoms with Gasteiger partial charge in [0.05, 0.1) is 69.9 Å². The van der Waals surface area contributed by atoms with Crippen molar-refractivity contribution in [3.63, 3.8) is 0 Å². The Bertz CT molecular complexity index is 5380. The minimum Gasteiger partial charge on any atom is -0.871 e. The molecular weight excluding hydrogens is 1580 g/mol. The van der Waals surface area contributed by atoms with E-state index >= 15 is 0 Å². The van der Waals surface area contributed by atoms with Crippen LogP contribution in [0.3, 0.4) is 0 Å². The number of halogens is 2. The summed E-state index contributed by atoms with van der Waals surface area (Å²) in [6, 6.07) is 28.7. The zero-order valence-corrected chi connectivity index (χ0v) is 68.7. The summed E-state index contributed by atoms with van der Waals surface area (Å²) in [4.78, 5) is 22.0. The maximum Gasteiger partial charge on any atom is 1.00 e. The average Bonchev–Trinajstić information content (AvgIpc) is 0.770. The average molecular weight is 1620 g/mol. The first-order valence-electron chi connectivity index (χ1n) is 27.5. The number of sulfone groups is 2. The second-order valence-electron chi connectivity index (χ2n) is 20.2. The largest absolute Gasteiger partial charge is 1.00 e. The van der Waals surface area contributed by atoms with Crippen LogP contribution in [0.5, 0.6) is 23.0 Å². The van der Waals surface area contributed by atoms with Gasteiger partial charge in [-0.05, 0) is 165 Å². The first-order valence-corrected chi connectivity index (χ1v) is 37.1. The van der Waals surface area contributed by atoms with Crippen LogP contribution in [0, 0.1) is 0 Å². The van der Waals surface area contributed by atoms with Crippen molar-refractivity contribution in [1.82, 2.24) is 29.9 Å². The summed E-state index contributed by atoms with van der Waals surface area (Å²) in [6.07, 6.45) is 0. The monoisotopic (exact) mass is 1620 g/mol. The van der Waals surface area contributed by atoms with E-state index in [2.05, 4.69) is 80.0 Å². The molecule has 48 heteroatoms. The number of azo groups is 2. The van der Waals surface area contributed by atoms with E-state index in [1.807, 2.05) is 0 Å². The topological polar surface area (TPSA) is 549 Å². The second kappa shape index (κ2) is 35.8. The van der Waals surface area contributed by atoms with E-state index in [4.69, 9.17) is 41.8 Å². The van der Waals surface area contributed by atoms with Crippen LogP contribution in [0.4, 0.5) is 69.3 Å². The van der Waals surface area contributed by atoms with Gasteiger partial charge in [0.25, 0.3) is 0 Å². The van der Waals surface area contributed by atoms with Gasteiger partial charge in [-0.2, -0.15) is 46.7 Å². The Labute approximate surface area is 689 Å². The van der Waals surface area contributed by atoms with Crippen LogP contribution in [0.15, 0.2) is 173 Å². The van der Waals surface area contributed by atoms with E-state index in [0.29, 0.717) is 11.1 Å². The fourth-order valence-electron chi connectivity index (χ4n) is 9.15. The van der Waals surface area contributed by atoms with Crippen molar-refractivity contribution in [2.75, 3.05) is 60.2 Å². The Morgan fingerprint density at radius 1 is 0.423 bits per heavy atom. The Balaban J connectivity index is 0.00000424. The Kier molecular flexibility index (Phi) is 29.9.